The van der Waals surface area contributed by atoms with E-state index in [-0.39, 0.29) is 12.1 Å². The summed E-state index contributed by atoms with van der Waals surface area (Å²) in [5, 5.41) is 6.43. The predicted molar refractivity (Wildman–Crippen MR) is 70.8 cm³/mol. The van der Waals surface area contributed by atoms with E-state index in [1.54, 1.807) is 17.5 Å². The summed E-state index contributed by atoms with van der Waals surface area (Å²) in [4.78, 5) is 1.28. The Balaban J connectivity index is 2.42. The van der Waals surface area contributed by atoms with Crippen LogP contribution in [-0.2, 0) is 0 Å². The highest BCUT2D eigenvalue weighted by molar-refractivity contribution is 9.10. The molecule has 2 N–H and O–H groups in total. The third-order valence-electron chi connectivity index (χ3n) is 2.52. The highest BCUT2D eigenvalue weighted by atomic mass is 79.9. The summed E-state index contributed by atoms with van der Waals surface area (Å²) < 4.78 is 2.90. The number of aryl methyl sites for hydroxylation is 1. The second-order valence-corrected chi connectivity index (χ2v) is 5.77. The maximum atomic E-state index is 6.07. The van der Waals surface area contributed by atoms with E-state index in [1.807, 2.05) is 17.8 Å². The third kappa shape index (κ3) is 2.21. The number of nitrogens with zero attached hydrogens (tertiary/aromatic N) is 2. The molecule has 0 aliphatic carbocycles. The standard InChI is InChI=1S/C11H14BrN3S/c1-7-3-4-16-11(7)10(8(2)13)15-6-9(12)5-14-15/h3-6,8,10H,13H2,1-2H3. The number of hydrogen-bond donors (Lipinski definition) is 1. The fourth-order valence-electron chi connectivity index (χ4n) is 1.75. The van der Waals surface area contributed by atoms with Gasteiger partial charge in [-0.25, -0.2) is 0 Å². The fourth-order valence-corrected chi connectivity index (χ4v) is 3.19. The lowest BCUT2D eigenvalue weighted by molar-refractivity contribution is 0.459. The Labute approximate surface area is 107 Å². The lowest BCUT2D eigenvalue weighted by Gasteiger charge is -2.21. The molecule has 0 bridgehead atoms. The molecule has 0 aliphatic rings. The minimum Gasteiger partial charge on any atom is -0.326 e. The van der Waals surface area contributed by atoms with Crippen molar-refractivity contribution in [3.05, 3.63) is 38.8 Å². The molecule has 2 atom stereocenters. The fraction of sp³-hybridized carbons (Fsp3) is 0.364. The SMILES string of the molecule is Cc1ccsc1C(C(C)N)n1cc(Br)cn1. The average molecular weight is 300 g/mol. The minimum absolute atomic E-state index is 0.0316. The molecule has 5 heteroatoms. The van der Waals surface area contributed by atoms with Gasteiger partial charge < -0.3 is 5.73 Å². The van der Waals surface area contributed by atoms with Gasteiger partial charge in [-0.05, 0) is 46.8 Å². The number of thiophene rings is 1. The third-order valence-corrected chi connectivity index (χ3v) is 4.02. The molecule has 2 heterocycles. The van der Waals surface area contributed by atoms with Crippen molar-refractivity contribution in [3.63, 3.8) is 0 Å². The average Bonchev–Trinajstić information content (AvgIpc) is 2.78. The summed E-state index contributed by atoms with van der Waals surface area (Å²) in [7, 11) is 0. The van der Waals surface area contributed by atoms with Gasteiger partial charge in [0.15, 0.2) is 0 Å². The van der Waals surface area contributed by atoms with E-state index < -0.39 is 0 Å². The van der Waals surface area contributed by atoms with Gasteiger partial charge in [-0.1, -0.05) is 0 Å². The molecular weight excluding hydrogens is 286 g/mol. The maximum Gasteiger partial charge on any atom is 0.101 e. The predicted octanol–water partition coefficient (Wildman–Crippen LogP) is 2.95. The normalized spacial score (nSPS) is 15.0. The van der Waals surface area contributed by atoms with E-state index >= 15 is 0 Å². The highest BCUT2D eigenvalue weighted by Gasteiger charge is 2.22. The maximum absolute atomic E-state index is 6.07. The Hall–Kier alpha value is -0.650. The highest BCUT2D eigenvalue weighted by Crippen LogP contribution is 2.29. The molecule has 0 fully saturated rings. The van der Waals surface area contributed by atoms with Crippen molar-refractivity contribution in [1.29, 1.82) is 0 Å². The van der Waals surface area contributed by atoms with Crippen LogP contribution in [0.3, 0.4) is 0 Å². The lowest BCUT2D eigenvalue weighted by atomic mass is 10.1. The van der Waals surface area contributed by atoms with E-state index in [2.05, 4.69) is 39.4 Å². The van der Waals surface area contributed by atoms with Crippen LogP contribution in [0.2, 0.25) is 0 Å². The van der Waals surface area contributed by atoms with Crippen molar-refractivity contribution < 1.29 is 0 Å². The number of aromatic nitrogens is 2. The molecule has 0 spiro atoms. The zero-order valence-corrected chi connectivity index (χ0v) is 11.6. The second-order valence-electron chi connectivity index (χ2n) is 3.91. The van der Waals surface area contributed by atoms with Gasteiger partial charge in [-0.2, -0.15) is 5.10 Å². The first-order valence-corrected chi connectivity index (χ1v) is 6.76. The molecule has 2 rings (SSSR count). The van der Waals surface area contributed by atoms with Crippen LogP contribution in [0, 0.1) is 6.92 Å². The van der Waals surface area contributed by atoms with Crippen LogP contribution < -0.4 is 5.73 Å². The molecule has 86 valence electrons. The summed E-state index contributed by atoms with van der Waals surface area (Å²) >= 11 is 5.14. The second kappa shape index (κ2) is 4.69. The number of halogens is 1. The van der Waals surface area contributed by atoms with Crippen LogP contribution in [0.25, 0.3) is 0 Å². The summed E-state index contributed by atoms with van der Waals surface area (Å²) in [5.74, 6) is 0. The van der Waals surface area contributed by atoms with Gasteiger partial charge in [0.2, 0.25) is 0 Å². The Kier molecular flexibility index (Phi) is 3.47. The molecule has 0 radical (unpaired) electrons. The van der Waals surface area contributed by atoms with Crippen molar-refractivity contribution in [2.24, 2.45) is 5.73 Å². The monoisotopic (exact) mass is 299 g/mol. The van der Waals surface area contributed by atoms with Gasteiger partial charge in [0, 0.05) is 17.1 Å². The zero-order valence-electron chi connectivity index (χ0n) is 9.22. The molecule has 0 saturated carbocycles. The van der Waals surface area contributed by atoms with Gasteiger partial charge in [0.1, 0.15) is 6.04 Å². The Morgan fingerprint density at radius 1 is 1.56 bits per heavy atom. The smallest absolute Gasteiger partial charge is 0.101 e. The molecule has 3 nitrogen and oxygen atoms in total. The van der Waals surface area contributed by atoms with Gasteiger partial charge in [0.25, 0.3) is 0 Å². The van der Waals surface area contributed by atoms with E-state index in [4.69, 9.17) is 5.73 Å². The van der Waals surface area contributed by atoms with E-state index in [1.165, 1.54) is 10.4 Å². The molecule has 2 aromatic rings. The largest absolute Gasteiger partial charge is 0.326 e. The van der Waals surface area contributed by atoms with Gasteiger partial charge in [-0.3, -0.25) is 4.68 Å². The van der Waals surface area contributed by atoms with Gasteiger partial charge >= 0.3 is 0 Å². The van der Waals surface area contributed by atoms with Crippen LogP contribution >= 0.6 is 27.3 Å². The summed E-state index contributed by atoms with van der Waals surface area (Å²) in [6, 6.07) is 2.27. The molecule has 0 saturated heterocycles. The number of nitrogens with two attached hydrogens (primary N) is 1. The van der Waals surface area contributed by atoms with Gasteiger partial charge in [0.05, 0.1) is 10.7 Å². The molecule has 0 aromatic carbocycles. The van der Waals surface area contributed by atoms with Crippen molar-refractivity contribution in [2.45, 2.75) is 25.9 Å². The Morgan fingerprint density at radius 2 is 2.31 bits per heavy atom. The van der Waals surface area contributed by atoms with Crippen LogP contribution in [0.1, 0.15) is 23.4 Å². The van der Waals surface area contributed by atoms with Crippen molar-refractivity contribution in [1.82, 2.24) is 9.78 Å². The topological polar surface area (TPSA) is 43.8 Å². The van der Waals surface area contributed by atoms with Gasteiger partial charge in [-0.15, -0.1) is 11.3 Å². The first-order valence-electron chi connectivity index (χ1n) is 5.09. The first kappa shape index (κ1) is 11.8. The molecule has 0 amide bonds. The zero-order chi connectivity index (χ0) is 11.7. The molecular formula is C11H14BrN3S. The first-order chi connectivity index (χ1) is 7.59. The summed E-state index contributed by atoms with van der Waals surface area (Å²) in [6.07, 6.45) is 3.76. The quantitative estimate of drug-likeness (QED) is 0.947. The van der Waals surface area contributed by atoms with Crippen molar-refractivity contribution in [3.8, 4) is 0 Å². The molecule has 0 aliphatic heterocycles. The molecule has 2 aromatic heterocycles. The molecule has 16 heavy (non-hydrogen) atoms. The summed E-state index contributed by atoms with van der Waals surface area (Å²) in [5.41, 5.74) is 7.35. The number of hydrogen-bond acceptors (Lipinski definition) is 3. The van der Waals surface area contributed by atoms with E-state index in [9.17, 15) is 0 Å². The van der Waals surface area contributed by atoms with Crippen LogP contribution in [0.5, 0.6) is 0 Å². The van der Waals surface area contributed by atoms with Crippen LogP contribution in [0.4, 0.5) is 0 Å². The van der Waals surface area contributed by atoms with Crippen molar-refractivity contribution in [2.75, 3.05) is 0 Å². The van der Waals surface area contributed by atoms with E-state index in [0.717, 1.165) is 4.47 Å². The van der Waals surface area contributed by atoms with E-state index in [0.29, 0.717) is 0 Å². The Bertz CT molecular complexity index is 475. The number of rotatable bonds is 3. The Morgan fingerprint density at radius 3 is 2.75 bits per heavy atom. The molecule has 2 unspecified atom stereocenters. The van der Waals surface area contributed by atoms with Crippen molar-refractivity contribution >= 4 is 27.3 Å². The van der Waals surface area contributed by atoms with Crippen LogP contribution in [0.15, 0.2) is 28.3 Å². The lowest BCUT2D eigenvalue weighted by Crippen LogP contribution is -2.30. The minimum atomic E-state index is 0.0316. The van der Waals surface area contributed by atoms with Crippen LogP contribution in [-0.4, -0.2) is 15.8 Å². The summed E-state index contributed by atoms with van der Waals surface area (Å²) in [6.45, 7) is 4.12.